The molecule has 2 rings (SSSR count). The summed E-state index contributed by atoms with van der Waals surface area (Å²) in [5.41, 5.74) is 2.00. The maximum absolute atomic E-state index is 12.0. The number of benzene rings is 2. The second kappa shape index (κ2) is 8.60. The van der Waals surface area contributed by atoms with Crippen molar-refractivity contribution in [3.05, 3.63) is 64.7 Å². The quantitative estimate of drug-likeness (QED) is 0.806. The highest BCUT2D eigenvalue weighted by molar-refractivity contribution is 7.80. The van der Waals surface area contributed by atoms with Crippen molar-refractivity contribution in [2.45, 2.75) is 6.42 Å². The highest BCUT2D eigenvalue weighted by atomic mass is 35.5. The summed E-state index contributed by atoms with van der Waals surface area (Å²) in [6.45, 7) is 0. The summed E-state index contributed by atoms with van der Waals surface area (Å²) < 4.78 is 0. The van der Waals surface area contributed by atoms with Crippen LogP contribution in [0.3, 0.4) is 0 Å². The van der Waals surface area contributed by atoms with E-state index in [1.807, 2.05) is 0 Å². The van der Waals surface area contributed by atoms with E-state index in [4.69, 9.17) is 23.8 Å². The zero-order chi connectivity index (χ0) is 18.4. The fourth-order valence-electron chi connectivity index (χ4n) is 2.11. The lowest BCUT2D eigenvalue weighted by atomic mass is 10.1. The molecule has 0 atom stereocenters. The Balaban J connectivity index is 1.93. The minimum Gasteiger partial charge on any atom is -0.345 e. The van der Waals surface area contributed by atoms with Gasteiger partial charge < -0.3 is 15.5 Å². The van der Waals surface area contributed by atoms with Gasteiger partial charge in [-0.05, 0) is 48.1 Å². The second-order valence-corrected chi connectivity index (χ2v) is 6.43. The molecule has 0 saturated carbocycles. The van der Waals surface area contributed by atoms with Crippen molar-refractivity contribution < 1.29 is 9.59 Å². The first-order valence-corrected chi connectivity index (χ1v) is 8.31. The summed E-state index contributed by atoms with van der Waals surface area (Å²) in [4.78, 5) is 25.5. The van der Waals surface area contributed by atoms with E-state index in [2.05, 4.69) is 10.6 Å². The first kappa shape index (κ1) is 18.9. The lowest BCUT2D eigenvalue weighted by Crippen LogP contribution is -2.35. The van der Waals surface area contributed by atoms with E-state index in [1.54, 1.807) is 62.6 Å². The predicted octanol–water partition coefficient (Wildman–Crippen LogP) is 3.10. The third-order valence-electron chi connectivity index (χ3n) is 3.30. The molecule has 7 heteroatoms. The van der Waals surface area contributed by atoms with Crippen molar-refractivity contribution in [3.63, 3.8) is 0 Å². The Morgan fingerprint density at radius 3 is 2.44 bits per heavy atom. The largest absolute Gasteiger partial charge is 0.345 e. The van der Waals surface area contributed by atoms with Gasteiger partial charge in [0.15, 0.2) is 5.11 Å². The third-order valence-corrected chi connectivity index (χ3v) is 3.76. The Hall–Kier alpha value is -2.44. The molecule has 2 N–H and O–H groups in total. The molecule has 2 aromatic carbocycles. The standard InChI is InChI=1S/C18H18ClN3O2S/c1-22(2)17(24)13-4-3-5-15(11-13)20-18(25)21-16(23)10-12-6-8-14(19)9-7-12/h3-9,11H,10H2,1-2H3,(H2,20,21,23,25). The normalized spacial score (nSPS) is 10.0. The molecule has 0 saturated heterocycles. The van der Waals surface area contributed by atoms with E-state index in [-0.39, 0.29) is 23.3 Å². The van der Waals surface area contributed by atoms with Crippen LogP contribution in [0.4, 0.5) is 5.69 Å². The molecular formula is C18H18ClN3O2S. The number of amides is 2. The molecule has 5 nitrogen and oxygen atoms in total. The van der Waals surface area contributed by atoms with Crippen molar-refractivity contribution in [1.82, 2.24) is 10.2 Å². The van der Waals surface area contributed by atoms with Gasteiger partial charge in [0.25, 0.3) is 5.91 Å². The van der Waals surface area contributed by atoms with Gasteiger partial charge in [-0.25, -0.2) is 0 Å². The van der Waals surface area contributed by atoms with E-state index < -0.39 is 0 Å². The molecule has 25 heavy (non-hydrogen) atoms. The third kappa shape index (κ3) is 5.85. The van der Waals surface area contributed by atoms with Crippen molar-refractivity contribution in [1.29, 1.82) is 0 Å². The fourth-order valence-corrected chi connectivity index (χ4v) is 2.47. The Labute approximate surface area is 157 Å². The van der Waals surface area contributed by atoms with Crippen LogP contribution >= 0.6 is 23.8 Å². The molecule has 0 aliphatic heterocycles. The maximum Gasteiger partial charge on any atom is 0.253 e. The Morgan fingerprint density at radius 2 is 1.80 bits per heavy atom. The lowest BCUT2D eigenvalue weighted by molar-refractivity contribution is -0.119. The first-order chi connectivity index (χ1) is 11.8. The number of rotatable bonds is 4. The van der Waals surface area contributed by atoms with Crippen molar-refractivity contribution in [2.24, 2.45) is 0 Å². The van der Waals surface area contributed by atoms with Gasteiger partial charge in [-0.3, -0.25) is 9.59 Å². The monoisotopic (exact) mass is 375 g/mol. The van der Waals surface area contributed by atoms with Crippen LogP contribution in [-0.2, 0) is 11.2 Å². The molecule has 2 aromatic rings. The van der Waals surface area contributed by atoms with Gasteiger partial charge in [0.2, 0.25) is 5.91 Å². The first-order valence-electron chi connectivity index (χ1n) is 7.52. The minimum atomic E-state index is -0.236. The Bertz CT molecular complexity index is 791. The molecule has 0 fully saturated rings. The van der Waals surface area contributed by atoms with Crippen LogP contribution in [0.1, 0.15) is 15.9 Å². The minimum absolute atomic E-state index is 0.110. The van der Waals surface area contributed by atoms with Crippen LogP contribution in [0.5, 0.6) is 0 Å². The summed E-state index contributed by atoms with van der Waals surface area (Å²) in [5, 5.41) is 6.32. The molecule has 2 amide bonds. The molecule has 0 unspecified atom stereocenters. The summed E-state index contributed by atoms with van der Waals surface area (Å²) in [7, 11) is 3.37. The number of hydrogen-bond acceptors (Lipinski definition) is 3. The van der Waals surface area contributed by atoms with Crippen LogP contribution in [0, 0.1) is 0 Å². The van der Waals surface area contributed by atoms with E-state index in [1.165, 1.54) is 4.90 Å². The molecular weight excluding hydrogens is 358 g/mol. The van der Waals surface area contributed by atoms with Gasteiger partial charge in [-0.1, -0.05) is 29.8 Å². The number of anilines is 1. The summed E-state index contributed by atoms with van der Waals surface area (Å²) in [6.07, 6.45) is 0.193. The molecule has 0 aromatic heterocycles. The van der Waals surface area contributed by atoms with Crippen molar-refractivity contribution in [3.8, 4) is 0 Å². The zero-order valence-electron chi connectivity index (χ0n) is 13.9. The topological polar surface area (TPSA) is 61.4 Å². The van der Waals surface area contributed by atoms with Gasteiger partial charge in [0.1, 0.15) is 0 Å². The Kier molecular flexibility index (Phi) is 6.50. The highest BCUT2D eigenvalue weighted by Gasteiger charge is 2.10. The smallest absolute Gasteiger partial charge is 0.253 e. The molecule has 130 valence electrons. The fraction of sp³-hybridized carbons (Fsp3) is 0.167. The number of hydrogen-bond donors (Lipinski definition) is 2. The molecule has 0 spiro atoms. The van der Waals surface area contributed by atoms with Crippen LogP contribution < -0.4 is 10.6 Å². The van der Waals surface area contributed by atoms with Gasteiger partial charge in [0.05, 0.1) is 6.42 Å². The van der Waals surface area contributed by atoms with Crippen molar-refractivity contribution >= 4 is 46.4 Å². The molecule has 0 heterocycles. The van der Waals surface area contributed by atoms with Crippen LogP contribution in [0.2, 0.25) is 5.02 Å². The zero-order valence-corrected chi connectivity index (χ0v) is 15.4. The molecule has 0 radical (unpaired) electrons. The van der Waals surface area contributed by atoms with E-state index in [9.17, 15) is 9.59 Å². The predicted molar refractivity (Wildman–Crippen MR) is 104 cm³/mol. The SMILES string of the molecule is CN(C)C(=O)c1cccc(NC(=S)NC(=O)Cc2ccc(Cl)cc2)c1. The van der Waals surface area contributed by atoms with E-state index in [0.29, 0.717) is 16.3 Å². The molecule has 0 bridgehead atoms. The number of nitrogens with zero attached hydrogens (tertiary/aromatic N) is 1. The molecule has 0 aliphatic rings. The van der Waals surface area contributed by atoms with Crippen LogP contribution in [0.15, 0.2) is 48.5 Å². The average Bonchev–Trinajstić information content (AvgIpc) is 2.56. The lowest BCUT2D eigenvalue weighted by Gasteiger charge is -2.13. The maximum atomic E-state index is 12.0. The summed E-state index contributed by atoms with van der Waals surface area (Å²) in [6, 6.07) is 13.9. The number of halogens is 1. The van der Waals surface area contributed by atoms with Crippen LogP contribution in [-0.4, -0.2) is 35.9 Å². The Morgan fingerprint density at radius 1 is 1.12 bits per heavy atom. The summed E-state index contributed by atoms with van der Waals surface area (Å²) in [5.74, 6) is -0.346. The average molecular weight is 376 g/mol. The summed E-state index contributed by atoms with van der Waals surface area (Å²) >= 11 is 11.0. The van der Waals surface area contributed by atoms with Gasteiger partial charge >= 0.3 is 0 Å². The number of thiocarbonyl (C=S) groups is 1. The number of carbonyl (C=O) groups is 2. The van der Waals surface area contributed by atoms with E-state index in [0.717, 1.165) is 5.56 Å². The second-order valence-electron chi connectivity index (χ2n) is 5.59. The molecule has 0 aliphatic carbocycles. The van der Waals surface area contributed by atoms with E-state index >= 15 is 0 Å². The van der Waals surface area contributed by atoms with Gasteiger partial charge in [0, 0.05) is 30.4 Å². The van der Waals surface area contributed by atoms with Crippen molar-refractivity contribution in [2.75, 3.05) is 19.4 Å². The van der Waals surface area contributed by atoms with Gasteiger partial charge in [-0.2, -0.15) is 0 Å². The number of nitrogens with one attached hydrogen (secondary N) is 2. The van der Waals surface area contributed by atoms with Gasteiger partial charge in [-0.15, -0.1) is 0 Å². The van der Waals surface area contributed by atoms with Crippen LogP contribution in [0.25, 0.3) is 0 Å². The number of carbonyl (C=O) groups excluding carboxylic acids is 2. The highest BCUT2D eigenvalue weighted by Crippen LogP contribution is 2.12.